The molecule has 0 unspecified atom stereocenters. The van der Waals surface area contributed by atoms with Crippen LogP contribution in [-0.2, 0) is 0 Å². The quantitative estimate of drug-likeness (QED) is 0.611. The Morgan fingerprint density at radius 2 is 1.17 bits per heavy atom. The first-order chi connectivity index (χ1) is 5.54. The van der Waals surface area contributed by atoms with Crippen molar-refractivity contribution < 1.29 is 0 Å². The second-order valence-corrected chi connectivity index (χ2v) is 12.6. The molecule has 0 spiro atoms. The van der Waals surface area contributed by atoms with Crippen LogP contribution in [0.3, 0.4) is 0 Å². The summed E-state index contributed by atoms with van der Waals surface area (Å²) in [6, 6.07) is 0. The van der Waals surface area contributed by atoms with Crippen molar-refractivity contribution in [3.63, 3.8) is 0 Å². The standard InChI is InChI=1S/C9H23P3/c1-7-12(8-2)9(10(3)4)11(5)6/h9H,7-8H2,1-6H3. The second kappa shape index (κ2) is 6.70. The van der Waals surface area contributed by atoms with Crippen molar-refractivity contribution in [3.05, 3.63) is 0 Å². The summed E-state index contributed by atoms with van der Waals surface area (Å²) in [7, 11) is 0.966. The summed E-state index contributed by atoms with van der Waals surface area (Å²) in [6.07, 6.45) is 2.88. The molecule has 0 saturated heterocycles. The zero-order valence-corrected chi connectivity index (χ0v) is 12.0. The molecule has 0 heterocycles. The van der Waals surface area contributed by atoms with Gasteiger partial charge in [0.2, 0.25) is 0 Å². The first-order valence-corrected chi connectivity index (χ1v) is 11.0. The maximum absolute atomic E-state index is 2.46. The van der Waals surface area contributed by atoms with Gasteiger partial charge in [-0.05, 0) is 39.0 Å². The summed E-state index contributed by atoms with van der Waals surface area (Å²) >= 11 is 0. The van der Waals surface area contributed by atoms with Crippen molar-refractivity contribution in [2.75, 3.05) is 39.0 Å². The highest BCUT2D eigenvalue weighted by molar-refractivity contribution is 7.90. The van der Waals surface area contributed by atoms with Crippen LogP contribution in [0, 0.1) is 0 Å². The maximum atomic E-state index is 2.46. The lowest BCUT2D eigenvalue weighted by molar-refractivity contribution is 1.39. The fraction of sp³-hybridized carbons (Fsp3) is 1.00. The Morgan fingerprint density at radius 1 is 0.833 bits per heavy atom. The molecule has 0 aliphatic heterocycles. The molecule has 0 aliphatic carbocycles. The molecule has 0 atom stereocenters. The van der Waals surface area contributed by atoms with E-state index in [1.165, 1.54) is 12.3 Å². The van der Waals surface area contributed by atoms with E-state index >= 15 is 0 Å². The van der Waals surface area contributed by atoms with Crippen LogP contribution in [0.5, 0.6) is 0 Å². The van der Waals surface area contributed by atoms with Crippen LogP contribution in [0.2, 0.25) is 0 Å². The second-order valence-electron chi connectivity index (χ2n) is 3.49. The van der Waals surface area contributed by atoms with Gasteiger partial charge in [-0.2, -0.15) is 0 Å². The highest BCUT2D eigenvalue weighted by Gasteiger charge is 2.23. The van der Waals surface area contributed by atoms with Crippen molar-refractivity contribution in [1.29, 1.82) is 0 Å². The van der Waals surface area contributed by atoms with Gasteiger partial charge in [0, 0.05) is 5.14 Å². The average molecular weight is 224 g/mol. The summed E-state index contributed by atoms with van der Waals surface area (Å²) in [5, 5.41) is 1.11. The molecule has 0 N–H and O–H groups in total. The van der Waals surface area contributed by atoms with Gasteiger partial charge in [-0.3, -0.25) is 0 Å². The third kappa shape index (κ3) is 4.00. The third-order valence-electron chi connectivity index (χ3n) is 2.06. The van der Waals surface area contributed by atoms with Crippen molar-refractivity contribution in [2.45, 2.75) is 19.0 Å². The number of rotatable bonds is 5. The van der Waals surface area contributed by atoms with Gasteiger partial charge in [-0.15, -0.1) is 15.8 Å². The fourth-order valence-corrected chi connectivity index (χ4v) is 13.6. The van der Waals surface area contributed by atoms with Gasteiger partial charge in [0.25, 0.3) is 0 Å². The van der Waals surface area contributed by atoms with Crippen molar-refractivity contribution in [1.82, 2.24) is 0 Å². The van der Waals surface area contributed by atoms with Crippen LogP contribution in [0.4, 0.5) is 0 Å². The third-order valence-corrected chi connectivity index (χ3v) is 13.7. The first kappa shape index (κ1) is 13.3. The Kier molecular flexibility index (Phi) is 7.42. The fourth-order valence-electron chi connectivity index (χ4n) is 1.67. The molecule has 0 bridgehead atoms. The number of hydrogen-bond donors (Lipinski definition) is 0. The Hall–Kier alpha value is 1.29. The summed E-state index contributed by atoms with van der Waals surface area (Å²) in [4.78, 5) is 0. The summed E-state index contributed by atoms with van der Waals surface area (Å²) in [6.45, 7) is 14.6. The van der Waals surface area contributed by atoms with E-state index in [9.17, 15) is 0 Å². The van der Waals surface area contributed by atoms with Crippen LogP contribution in [0.1, 0.15) is 13.8 Å². The van der Waals surface area contributed by atoms with Crippen LogP contribution in [0.15, 0.2) is 0 Å². The van der Waals surface area contributed by atoms with Crippen LogP contribution in [0.25, 0.3) is 0 Å². The Morgan fingerprint density at radius 3 is 1.25 bits per heavy atom. The Bertz CT molecular complexity index is 100. The van der Waals surface area contributed by atoms with E-state index in [-0.39, 0.29) is 0 Å². The highest BCUT2D eigenvalue weighted by Crippen LogP contribution is 2.66. The van der Waals surface area contributed by atoms with Gasteiger partial charge in [0.05, 0.1) is 0 Å². The largest absolute Gasteiger partial charge is 0.101 e. The summed E-state index contributed by atoms with van der Waals surface area (Å²) < 4.78 is 0. The molecular formula is C9H23P3. The minimum Gasteiger partial charge on any atom is -0.101 e. The maximum Gasteiger partial charge on any atom is 0.0183 e. The molecule has 0 radical (unpaired) electrons. The lowest BCUT2D eigenvalue weighted by Crippen LogP contribution is -2.02. The van der Waals surface area contributed by atoms with E-state index in [0.29, 0.717) is 23.8 Å². The molecule has 0 aliphatic rings. The van der Waals surface area contributed by atoms with Gasteiger partial charge in [-0.1, -0.05) is 21.8 Å². The number of hydrogen-bond acceptors (Lipinski definition) is 0. The van der Waals surface area contributed by atoms with E-state index in [0.717, 1.165) is 5.14 Å². The minimum atomic E-state index is 0.303. The van der Waals surface area contributed by atoms with Crippen LogP contribution < -0.4 is 0 Å². The van der Waals surface area contributed by atoms with Gasteiger partial charge >= 0.3 is 0 Å². The highest BCUT2D eigenvalue weighted by atomic mass is 31.2. The molecule has 0 amide bonds. The van der Waals surface area contributed by atoms with Crippen molar-refractivity contribution >= 4 is 23.8 Å². The van der Waals surface area contributed by atoms with Crippen molar-refractivity contribution in [2.24, 2.45) is 0 Å². The van der Waals surface area contributed by atoms with E-state index in [2.05, 4.69) is 40.5 Å². The van der Waals surface area contributed by atoms with E-state index in [1.54, 1.807) is 0 Å². The van der Waals surface area contributed by atoms with E-state index in [4.69, 9.17) is 0 Å². The Labute approximate surface area is 82.2 Å². The molecule has 0 aromatic carbocycles. The van der Waals surface area contributed by atoms with Gasteiger partial charge in [-0.25, -0.2) is 0 Å². The molecule has 0 aromatic rings. The summed E-state index contributed by atoms with van der Waals surface area (Å²) in [5.74, 6) is 0. The average Bonchev–Trinajstić information content (AvgIpc) is 1.98. The summed E-state index contributed by atoms with van der Waals surface area (Å²) in [5.41, 5.74) is 0. The molecule has 12 heavy (non-hydrogen) atoms. The predicted molar refractivity (Wildman–Crippen MR) is 69.3 cm³/mol. The molecule has 74 valence electrons. The molecule has 0 saturated carbocycles. The van der Waals surface area contributed by atoms with E-state index in [1.807, 2.05) is 0 Å². The lowest BCUT2D eigenvalue weighted by Gasteiger charge is -2.33. The van der Waals surface area contributed by atoms with Gasteiger partial charge in [0.15, 0.2) is 0 Å². The van der Waals surface area contributed by atoms with Gasteiger partial charge in [0.1, 0.15) is 0 Å². The predicted octanol–water partition coefficient (Wildman–Crippen LogP) is 4.27. The molecule has 0 aromatic heterocycles. The smallest absolute Gasteiger partial charge is 0.0183 e. The van der Waals surface area contributed by atoms with Crippen molar-refractivity contribution in [3.8, 4) is 0 Å². The Balaban J connectivity index is 4.26. The van der Waals surface area contributed by atoms with Crippen LogP contribution >= 0.6 is 23.8 Å². The monoisotopic (exact) mass is 224 g/mol. The molecule has 3 heteroatoms. The topological polar surface area (TPSA) is 0 Å². The normalized spacial score (nSPS) is 12.5. The molecule has 0 fully saturated rings. The van der Waals surface area contributed by atoms with E-state index < -0.39 is 0 Å². The van der Waals surface area contributed by atoms with Crippen LogP contribution in [-0.4, -0.2) is 44.1 Å². The first-order valence-electron chi connectivity index (χ1n) is 4.61. The zero-order valence-electron chi connectivity index (χ0n) is 9.33. The molecule has 0 nitrogen and oxygen atoms in total. The molecular weight excluding hydrogens is 201 g/mol. The lowest BCUT2D eigenvalue weighted by atomic mass is 11.0. The van der Waals surface area contributed by atoms with Gasteiger partial charge < -0.3 is 0 Å². The molecule has 0 rings (SSSR count). The minimum absolute atomic E-state index is 0.303. The zero-order chi connectivity index (χ0) is 9.72. The SMILES string of the molecule is CCP(CC)C(P(C)C)P(C)C.